The van der Waals surface area contributed by atoms with Crippen LogP contribution in [0.3, 0.4) is 0 Å². The Morgan fingerprint density at radius 3 is 2.82 bits per heavy atom. The van der Waals surface area contributed by atoms with Crippen molar-refractivity contribution in [1.29, 1.82) is 0 Å². The molecule has 0 amide bonds. The van der Waals surface area contributed by atoms with Crippen molar-refractivity contribution in [2.45, 2.75) is 55.8 Å². The molecule has 3 aromatic carbocycles. The second-order valence-corrected chi connectivity index (χ2v) is 14.7. The van der Waals surface area contributed by atoms with Gasteiger partial charge in [0.1, 0.15) is 35.1 Å². The number of aromatic nitrogens is 3. The molecule has 0 saturated carbocycles. The molecule has 5 aliphatic heterocycles. The van der Waals surface area contributed by atoms with Crippen molar-refractivity contribution in [3.63, 3.8) is 0 Å². The summed E-state index contributed by atoms with van der Waals surface area (Å²) in [5.41, 5.74) is 2.27. The van der Waals surface area contributed by atoms with Crippen molar-refractivity contribution >= 4 is 27.5 Å². The zero-order chi connectivity index (χ0) is 33.6. The van der Waals surface area contributed by atoms with Gasteiger partial charge in [-0.25, -0.2) is 4.39 Å². The molecule has 50 heavy (non-hydrogen) atoms. The first-order chi connectivity index (χ1) is 24.5. The van der Waals surface area contributed by atoms with Crippen molar-refractivity contribution in [2.24, 2.45) is 5.92 Å². The van der Waals surface area contributed by atoms with Gasteiger partial charge in [0.05, 0.1) is 17.5 Å². The van der Waals surface area contributed by atoms with Gasteiger partial charge in [-0.1, -0.05) is 36.3 Å². The van der Waals surface area contributed by atoms with Crippen LogP contribution in [0.5, 0.6) is 17.5 Å². The van der Waals surface area contributed by atoms with E-state index in [1.807, 2.05) is 24.3 Å². The van der Waals surface area contributed by atoms with Crippen LogP contribution in [0.4, 0.5) is 10.2 Å². The first-order valence-corrected chi connectivity index (χ1v) is 17.7. The van der Waals surface area contributed by atoms with Gasteiger partial charge in [-0.3, -0.25) is 9.88 Å². The van der Waals surface area contributed by atoms with Crippen molar-refractivity contribution in [2.75, 3.05) is 37.7 Å². The minimum Gasteiger partial charge on any atom is -0.508 e. The molecule has 9 nitrogen and oxygen atoms in total. The van der Waals surface area contributed by atoms with Gasteiger partial charge >= 0.3 is 6.01 Å². The summed E-state index contributed by atoms with van der Waals surface area (Å²) in [6.07, 6.45) is 12.8. The molecule has 7 heterocycles. The van der Waals surface area contributed by atoms with E-state index in [2.05, 4.69) is 44.2 Å². The second kappa shape index (κ2) is 11.3. The molecule has 5 unspecified atom stereocenters. The zero-order valence-corrected chi connectivity index (χ0v) is 27.6. The molecule has 2 bridgehead atoms. The van der Waals surface area contributed by atoms with E-state index in [0.29, 0.717) is 64.3 Å². The number of fused-ring (bicyclic) bond motifs is 9. The molecule has 0 radical (unpaired) electrons. The van der Waals surface area contributed by atoms with Gasteiger partial charge in [-0.2, -0.15) is 9.97 Å². The molecule has 4 fully saturated rings. The predicted octanol–water partition coefficient (Wildman–Crippen LogP) is 5.98. The molecule has 5 atom stereocenters. The Kier molecular flexibility index (Phi) is 6.74. The van der Waals surface area contributed by atoms with Gasteiger partial charge < -0.3 is 24.8 Å². The van der Waals surface area contributed by atoms with Gasteiger partial charge in [0.25, 0.3) is 0 Å². The molecule has 0 spiro atoms. The van der Waals surface area contributed by atoms with Crippen LogP contribution in [0, 0.1) is 24.1 Å². The smallest absolute Gasteiger partial charge is 0.319 e. The fourth-order valence-corrected chi connectivity index (χ4v) is 9.71. The number of hydrogen-bond donors (Lipinski definition) is 2. The monoisotopic (exact) mass is 668 g/mol. The lowest BCUT2D eigenvalue weighted by molar-refractivity contribution is 0.0780. The summed E-state index contributed by atoms with van der Waals surface area (Å²) in [6.45, 7) is 3.60. The molecule has 5 aliphatic rings. The highest BCUT2D eigenvalue weighted by Gasteiger charge is 2.56. The van der Waals surface area contributed by atoms with Crippen LogP contribution < -0.4 is 19.7 Å². The van der Waals surface area contributed by atoms with E-state index in [9.17, 15) is 5.11 Å². The van der Waals surface area contributed by atoms with Crippen molar-refractivity contribution < 1.29 is 19.0 Å². The SMILES string of the molecule is C#Cc1cccc2cc(O)cc(-c3ncc4c(N5CC6CCC(C5)N6)nc(OCC56CCCN5C5c7ccccc7OCC5C6)nc4c3F)c12. The van der Waals surface area contributed by atoms with E-state index < -0.39 is 5.82 Å². The summed E-state index contributed by atoms with van der Waals surface area (Å²) in [5.74, 6) is 4.08. The number of ether oxygens (including phenoxy) is 2. The quantitative estimate of drug-likeness (QED) is 0.220. The summed E-state index contributed by atoms with van der Waals surface area (Å²) in [5, 5.41) is 16.2. The van der Waals surface area contributed by atoms with Gasteiger partial charge in [-0.15, -0.1) is 6.42 Å². The second-order valence-electron chi connectivity index (χ2n) is 14.7. The number of nitrogens with one attached hydrogen (secondary N) is 1. The topological polar surface area (TPSA) is 95.9 Å². The Morgan fingerprint density at radius 2 is 1.96 bits per heavy atom. The molecule has 10 heteroatoms. The van der Waals surface area contributed by atoms with E-state index in [1.165, 1.54) is 11.6 Å². The Morgan fingerprint density at radius 1 is 1.10 bits per heavy atom. The minimum atomic E-state index is -0.603. The van der Waals surface area contributed by atoms with E-state index >= 15 is 4.39 Å². The number of terminal acetylenes is 1. The lowest BCUT2D eigenvalue weighted by Gasteiger charge is -2.36. The number of rotatable bonds is 5. The Bertz CT molecular complexity index is 2230. The molecule has 0 aliphatic carbocycles. The van der Waals surface area contributed by atoms with Crippen LogP contribution in [-0.2, 0) is 0 Å². The molecule has 4 saturated heterocycles. The average Bonchev–Trinajstić information content (AvgIpc) is 3.80. The van der Waals surface area contributed by atoms with Crippen LogP contribution in [0.1, 0.15) is 49.3 Å². The number of phenols is 1. The fourth-order valence-electron chi connectivity index (χ4n) is 9.71. The van der Waals surface area contributed by atoms with E-state index in [4.69, 9.17) is 25.9 Å². The van der Waals surface area contributed by atoms with Crippen LogP contribution >= 0.6 is 0 Å². The number of piperazine rings is 1. The van der Waals surface area contributed by atoms with Crippen molar-refractivity contribution in [3.05, 3.63) is 77.7 Å². The summed E-state index contributed by atoms with van der Waals surface area (Å²) in [4.78, 5) is 19.3. The summed E-state index contributed by atoms with van der Waals surface area (Å²) < 4.78 is 29.9. The molecule has 10 rings (SSSR count). The Labute approximate surface area is 289 Å². The van der Waals surface area contributed by atoms with Crippen LogP contribution in [-0.4, -0.2) is 75.4 Å². The molecular formula is C40H37FN6O3. The normalized spacial score (nSPS) is 26.8. The maximum Gasteiger partial charge on any atom is 0.319 e. The third kappa shape index (κ3) is 4.56. The number of benzene rings is 3. The number of halogens is 1. The summed E-state index contributed by atoms with van der Waals surface area (Å²) in [6, 6.07) is 18.1. The number of aromatic hydroxyl groups is 1. The number of nitrogens with zero attached hydrogens (tertiary/aromatic N) is 5. The highest BCUT2D eigenvalue weighted by atomic mass is 19.1. The van der Waals surface area contributed by atoms with Gasteiger partial charge in [0.15, 0.2) is 5.82 Å². The van der Waals surface area contributed by atoms with E-state index in [1.54, 1.807) is 12.3 Å². The predicted molar refractivity (Wildman–Crippen MR) is 189 cm³/mol. The fraction of sp³-hybridized carbons (Fsp3) is 0.375. The highest BCUT2D eigenvalue weighted by Crippen LogP contribution is 2.55. The molecule has 252 valence electrons. The highest BCUT2D eigenvalue weighted by molar-refractivity contribution is 6.02. The number of para-hydroxylation sites is 1. The molecular weight excluding hydrogens is 631 g/mol. The third-order valence-electron chi connectivity index (χ3n) is 11.8. The lowest BCUT2D eigenvalue weighted by Crippen LogP contribution is -2.51. The van der Waals surface area contributed by atoms with Crippen molar-refractivity contribution in [1.82, 2.24) is 25.2 Å². The number of pyridine rings is 1. The first-order valence-electron chi connectivity index (χ1n) is 17.7. The van der Waals surface area contributed by atoms with Crippen LogP contribution in [0.15, 0.2) is 60.8 Å². The molecule has 5 aromatic rings. The van der Waals surface area contributed by atoms with Crippen LogP contribution in [0.2, 0.25) is 0 Å². The van der Waals surface area contributed by atoms with Gasteiger partial charge in [0, 0.05) is 65.4 Å². The van der Waals surface area contributed by atoms with E-state index in [-0.39, 0.29) is 34.6 Å². The van der Waals surface area contributed by atoms with Gasteiger partial charge in [0.2, 0.25) is 0 Å². The van der Waals surface area contributed by atoms with Crippen LogP contribution in [0.25, 0.3) is 32.9 Å². The van der Waals surface area contributed by atoms with E-state index in [0.717, 1.165) is 57.5 Å². The maximum atomic E-state index is 17.0. The third-order valence-corrected chi connectivity index (χ3v) is 11.8. The number of hydrogen-bond acceptors (Lipinski definition) is 9. The van der Waals surface area contributed by atoms with Gasteiger partial charge in [-0.05, 0) is 68.3 Å². The number of phenolic OH excluding ortho intramolecular Hbond substituents is 1. The first kappa shape index (κ1) is 29.9. The minimum absolute atomic E-state index is 0.00260. The maximum absolute atomic E-state index is 17.0. The standard InChI is InChI=1S/C40H37FN6O3/c1-2-23-7-5-8-24-15-28(48)16-30(33(23)24)35-34(41)36-31(18-42-35)38(46-19-26-11-12-27(20-46)43-26)45-39(44-36)50-22-40-13-6-14-47(40)37-25(17-40)21-49-32-10-4-3-9-29(32)37/h1,3-5,7-10,15-16,18,25-27,37,43,48H,6,11-14,17,19-22H2. The average molecular weight is 669 g/mol. The lowest BCUT2D eigenvalue weighted by atomic mass is 9.86. The molecule has 2 N–H and O–H groups in total. The summed E-state index contributed by atoms with van der Waals surface area (Å²) in [7, 11) is 0. The summed E-state index contributed by atoms with van der Waals surface area (Å²) >= 11 is 0. The zero-order valence-electron chi connectivity index (χ0n) is 27.6. The number of anilines is 1. The Hall–Kier alpha value is -4.98. The Balaban J connectivity index is 1.07. The van der Waals surface area contributed by atoms with Crippen molar-refractivity contribution in [3.8, 4) is 41.1 Å². The largest absolute Gasteiger partial charge is 0.508 e. The molecule has 2 aromatic heterocycles.